The van der Waals surface area contributed by atoms with Crippen molar-refractivity contribution in [2.75, 3.05) is 0 Å². The zero-order valence-electron chi connectivity index (χ0n) is 9.75. The number of aromatic nitrogens is 2. The van der Waals surface area contributed by atoms with Crippen molar-refractivity contribution in [3.05, 3.63) is 54.9 Å². The first-order valence-electron chi connectivity index (χ1n) is 5.53. The van der Waals surface area contributed by atoms with Crippen LogP contribution in [0, 0.1) is 10.6 Å². The molecule has 0 radical (unpaired) electrons. The molecule has 102 valence electrons. The van der Waals surface area contributed by atoms with Crippen LogP contribution in [0.5, 0.6) is 0 Å². The van der Waals surface area contributed by atoms with Crippen molar-refractivity contribution in [3.8, 4) is 5.69 Å². The van der Waals surface area contributed by atoms with Crippen LogP contribution in [-0.4, -0.2) is 9.55 Å². The molecule has 1 N–H and O–H groups in total. The van der Waals surface area contributed by atoms with Crippen molar-refractivity contribution in [1.82, 2.24) is 9.55 Å². The van der Waals surface area contributed by atoms with Crippen molar-refractivity contribution >= 4 is 66.7 Å². The van der Waals surface area contributed by atoms with Gasteiger partial charge in [0.15, 0.2) is 4.77 Å². The number of fused-ring (bicyclic) bond motifs is 1. The van der Waals surface area contributed by atoms with Gasteiger partial charge in [-0.25, -0.2) is 4.39 Å². The standard InChI is InChI=1S/C13H6Br2ClFN2S/c14-6-4-11-9(5-8(6)17)18-13(20)19(11)10-3-1-2-7(16)12(10)15/h1-5H,(H,18,20). The Balaban J connectivity index is 2.42. The average Bonchev–Trinajstić information content (AvgIpc) is 2.69. The molecule has 0 unspecified atom stereocenters. The minimum atomic E-state index is -0.342. The first kappa shape index (κ1) is 14.3. The first-order chi connectivity index (χ1) is 9.49. The lowest BCUT2D eigenvalue weighted by molar-refractivity contribution is 0.623. The first-order valence-corrected chi connectivity index (χ1v) is 7.90. The second-order valence-electron chi connectivity index (χ2n) is 4.12. The number of imidazole rings is 1. The molecule has 0 saturated carbocycles. The Bertz CT molecular complexity index is 888. The Morgan fingerprint density at radius 1 is 1.25 bits per heavy atom. The van der Waals surface area contributed by atoms with Crippen LogP contribution in [0.2, 0.25) is 5.02 Å². The number of rotatable bonds is 1. The maximum absolute atomic E-state index is 13.6. The lowest BCUT2D eigenvalue weighted by Gasteiger charge is -2.08. The van der Waals surface area contributed by atoms with E-state index in [2.05, 4.69) is 36.8 Å². The summed E-state index contributed by atoms with van der Waals surface area (Å²) in [6.45, 7) is 0. The fourth-order valence-electron chi connectivity index (χ4n) is 2.01. The molecule has 0 saturated heterocycles. The molecule has 0 fully saturated rings. The van der Waals surface area contributed by atoms with E-state index < -0.39 is 0 Å². The highest BCUT2D eigenvalue weighted by Crippen LogP contribution is 2.32. The fraction of sp³-hybridized carbons (Fsp3) is 0. The van der Waals surface area contributed by atoms with E-state index in [1.165, 1.54) is 6.07 Å². The Hall–Kier alpha value is -0.690. The van der Waals surface area contributed by atoms with Crippen LogP contribution >= 0.6 is 55.7 Å². The van der Waals surface area contributed by atoms with E-state index in [-0.39, 0.29) is 5.82 Å². The van der Waals surface area contributed by atoms with Crippen molar-refractivity contribution < 1.29 is 4.39 Å². The van der Waals surface area contributed by atoms with E-state index in [1.54, 1.807) is 12.1 Å². The Labute approximate surface area is 140 Å². The predicted octanol–water partition coefficient (Wildman–Crippen LogP) is 6.01. The number of nitrogens with one attached hydrogen (secondary N) is 1. The molecule has 0 atom stereocenters. The highest BCUT2D eigenvalue weighted by molar-refractivity contribution is 9.11. The van der Waals surface area contributed by atoms with Gasteiger partial charge >= 0.3 is 0 Å². The van der Waals surface area contributed by atoms with Gasteiger partial charge in [0.1, 0.15) is 5.82 Å². The van der Waals surface area contributed by atoms with Gasteiger partial charge in [0.25, 0.3) is 0 Å². The molecule has 2 nitrogen and oxygen atoms in total. The summed E-state index contributed by atoms with van der Waals surface area (Å²) in [6, 6.07) is 8.59. The highest BCUT2D eigenvalue weighted by Gasteiger charge is 2.13. The van der Waals surface area contributed by atoms with Crippen molar-refractivity contribution in [2.24, 2.45) is 0 Å². The van der Waals surface area contributed by atoms with E-state index >= 15 is 0 Å². The Kier molecular flexibility index (Phi) is 3.75. The largest absolute Gasteiger partial charge is 0.330 e. The van der Waals surface area contributed by atoms with E-state index in [1.807, 2.05) is 16.7 Å². The number of nitrogens with zero attached hydrogens (tertiary/aromatic N) is 1. The normalized spacial score (nSPS) is 11.2. The van der Waals surface area contributed by atoms with Gasteiger partial charge in [-0.05, 0) is 62.3 Å². The van der Waals surface area contributed by atoms with Gasteiger partial charge in [-0.15, -0.1) is 0 Å². The van der Waals surface area contributed by atoms with Crippen LogP contribution in [0.15, 0.2) is 39.3 Å². The third-order valence-corrected chi connectivity index (χ3v) is 5.17. The molecule has 0 aliphatic heterocycles. The average molecular weight is 437 g/mol. The lowest BCUT2D eigenvalue weighted by atomic mass is 10.2. The van der Waals surface area contributed by atoms with E-state index in [9.17, 15) is 4.39 Å². The molecule has 1 heterocycles. The number of H-pyrrole nitrogens is 1. The second-order valence-corrected chi connectivity index (χ2v) is 6.56. The van der Waals surface area contributed by atoms with Crippen LogP contribution in [0.1, 0.15) is 0 Å². The second kappa shape index (κ2) is 5.26. The zero-order valence-corrected chi connectivity index (χ0v) is 14.5. The monoisotopic (exact) mass is 434 g/mol. The summed E-state index contributed by atoms with van der Waals surface area (Å²) in [7, 11) is 0. The summed E-state index contributed by atoms with van der Waals surface area (Å²) >= 11 is 18.1. The number of aromatic amines is 1. The van der Waals surface area contributed by atoms with E-state index in [0.29, 0.717) is 19.8 Å². The molecule has 0 amide bonds. The molecule has 3 rings (SSSR count). The number of benzene rings is 2. The summed E-state index contributed by atoms with van der Waals surface area (Å²) < 4.78 is 17.0. The van der Waals surface area contributed by atoms with Gasteiger partial charge < -0.3 is 4.98 Å². The highest BCUT2D eigenvalue weighted by atomic mass is 79.9. The van der Waals surface area contributed by atoms with Crippen LogP contribution in [0.3, 0.4) is 0 Å². The quantitative estimate of drug-likeness (QED) is 0.464. The molecule has 0 aliphatic rings. The zero-order chi connectivity index (χ0) is 14.4. The summed E-state index contributed by atoms with van der Waals surface area (Å²) in [5, 5.41) is 0.583. The van der Waals surface area contributed by atoms with Crippen molar-refractivity contribution in [1.29, 1.82) is 0 Å². The van der Waals surface area contributed by atoms with Crippen molar-refractivity contribution in [2.45, 2.75) is 0 Å². The van der Waals surface area contributed by atoms with Gasteiger partial charge in [0.2, 0.25) is 0 Å². The molecule has 1 aromatic heterocycles. The third-order valence-electron chi connectivity index (χ3n) is 2.90. The SMILES string of the molecule is Fc1cc2[nH]c(=S)n(-c3cccc(Cl)c3Br)c2cc1Br. The summed E-state index contributed by atoms with van der Waals surface area (Å²) in [4.78, 5) is 2.99. The Morgan fingerprint density at radius 2 is 2.00 bits per heavy atom. The topological polar surface area (TPSA) is 20.7 Å². The Morgan fingerprint density at radius 3 is 2.75 bits per heavy atom. The van der Waals surface area contributed by atoms with Crippen LogP contribution in [-0.2, 0) is 0 Å². The van der Waals surface area contributed by atoms with E-state index in [4.69, 9.17) is 23.8 Å². The van der Waals surface area contributed by atoms with Crippen LogP contribution in [0.4, 0.5) is 4.39 Å². The molecular weight excluding hydrogens is 430 g/mol. The van der Waals surface area contributed by atoms with Gasteiger partial charge in [-0.1, -0.05) is 17.7 Å². The van der Waals surface area contributed by atoms with Gasteiger partial charge in [0.05, 0.1) is 30.7 Å². The number of hydrogen-bond donors (Lipinski definition) is 1. The molecule has 0 aliphatic carbocycles. The minimum Gasteiger partial charge on any atom is -0.330 e. The van der Waals surface area contributed by atoms with Gasteiger partial charge in [-0.2, -0.15) is 0 Å². The maximum Gasteiger partial charge on any atom is 0.182 e. The van der Waals surface area contributed by atoms with Gasteiger partial charge in [0, 0.05) is 6.07 Å². The molecule has 3 aromatic rings. The summed E-state index contributed by atoms with van der Waals surface area (Å²) in [5.74, 6) is -0.342. The molecule has 2 aromatic carbocycles. The molecule has 0 bridgehead atoms. The molecular formula is C13H6Br2ClFN2S. The van der Waals surface area contributed by atoms with E-state index in [0.717, 1.165) is 15.7 Å². The minimum absolute atomic E-state index is 0.342. The maximum atomic E-state index is 13.6. The van der Waals surface area contributed by atoms with Crippen LogP contribution in [0.25, 0.3) is 16.7 Å². The number of hydrogen-bond acceptors (Lipinski definition) is 1. The van der Waals surface area contributed by atoms with Crippen LogP contribution < -0.4 is 0 Å². The number of halogens is 4. The molecule has 20 heavy (non-hydrogen) atoms. The third kappa shape index (κ3) is 2.24. The summed E-state index contributed by atoms with van der Waals surface area (Å²) in [5.41, 5.74) is 2.20. The molecule has 7 heteroatoms. The summed E-state index contributed by atoms with van der Waals surface area (Å²) in [6.07, 6.45) is 0. The molecule has 0 spiro atoms. The smallest absolute Gasteiger partial charge is 0.182 e. The lowest BCUT2D eigenvalue weighted by Crippen LogP contribution is -1.95. The fourth-order valence-corrected chi connectivity index (χ4v) is 3.26. The van der Waals surface area contributed by atoms with Gasteiger partial charge in [-0.3, -0.25) is 4.57 Å². The predicted molar refractivity (Wildman–Crippen MR) is 88.8 cm³/mol. The van der Waals surface area contributed by atoms with Crippen molar-refractivity contribution in [3.63, 3.8) is 0 Å².